The Bertz CT molecular complexity index is 875. The van der Waals surface area contributed by atoms with Crippen molar-refractivity contribution >= 4 is 11.6 Å². The molecule has 7 nitrogen and oxygen atoms in total. The summed E-state index contributed by atoms with van der Waals surface area (Å²) in [5, 5.41) is 18.4. The number of phenolic OH excluding ortho intramolecular Hbond substituents is 1. The Hall–Kier alpha value is -3.06. The average Bonchev–Trinajstić information content (AvgIpc) is 2.75. The quantitative estimate of drug-likeness (QED) is 0.741. The van der Waals surface area contributed by atoms with Crippen molar-refractivity contribution in [2.75, 3.05) is 27.4 Å². The summed E-state index contributed by atoms with van der Waals surface area (Å²) >= 11 is 0. The molecule has 29 heavy (non-hydrogen) atoms. The van der Waals surface area contributed by atoms with Crippen LogP contribution in [0.3, 0.4) is 0 Å². The lowest BCUT2D eigenvalue weighted by Crippen LogP contribution is -2.25. The van der Waals surface area contributed by atoms with Gasteiger partial charge in [0.05, 0.1) is 44.5 Å². The molecule has 0 aliphatic carbocycles. The highest BCUT2D eigenvalue weighted by atomic mass is 16.5. The molecule has 2 unspecified atom stereocenters. The highest BCUT2D eigenvalue weighted by Crippen LogP contribution is 2.30. The van der Waals surface area contributed by atoms with Crippen LogP contribution in [0.25, 0.3) is 0 Å². The number of aliphatic hydroxyl groups is 1. The number of Topliss-reactive ketones (excluding diaryl/α,β-unsaturated/α-hetero) is 2. The van der Waals surface area contributed by atoms with Crippen molar-refractivity contribution in [1.82, 2.24) is 0 Å². The van der Waals surface area contributed by atoms with Crippen LogP contribution in [-0.4, -0.2) is 49.2 Å². The van der Waals surface area contributed by atoms with E-state index >= 15 is 0 Å². The van der Waals surface area contributed by atoms with E-state index in [1.54, 1.807) is 38.3 Å². The van der Waals surface area contributed by atoms with Gasteiger partial charge >= 0.3 is 0 Å². The normalized spacial score (nSPS) is 15.9. The number of ether oxygens (including phenoxy) is 3. The standard InChI is InChI=1S/C11H14O4.C11H12O3/c1-7(6-12)11(14)9-4-3-8(15-2)5-10(9)13;1-7-6-14-10-5-8(13-2)3-4-9(10)11(7)12/h3-5,7,12-13H,6H2,1-2H3;3-5,7H,6H2,1-2H3. The number of carbonyl (C=O) groups is 2. The first-order chi connectivity index (χ1) is 13.8. The van der Waals surface area contributed by atoms with Crippen LogP contribution < -0.4 is 14.2 Å². The Morgan fingerprint density at radius 1 is 1.17 bits per heavy atom. The van der Waals surface area contributed by atoms with Crippen LogP contribution in [0.4, 0.5) is 0 Å². The third-order valence-electron chi connectivity index (χ3n) is 4.58. The molecule has 2 aromatic carbocycles. The first-order valence-electron chi connectivity index (χ1n) is 9.19. The van der Waals surface area contributed by atoms with Crippen molar-refractivity contribution in [2.24, 2.45) is 11.8 Å². The third-order valence-corrected chi connectivity index (χ3v) is 4.58. The molecule has 0 aromatic heterocycles. The molecular weight excluding hydrogens is 376 g/mol. The summed E-state index contributed by atoms with van der Waals surface area (Å²) in [4.78, 5) is 23.3. The van der Waals surface area contributed by atoms with Gasteiger partial charge in [-0.3, -0.25) is 9.59 Å². The van der Waals surface area contributed by atoms with Crippen molar-refractivity contribution in [3.05, 3.63) is 47.5 Å². The zero-order valence-corrected chi connectivity index (χ0v) is 17.0. The molecule has 7 heteroatoms. The lowest BCUT2D eigenvalue weighted by molar-refractivity contribution is 0.0846. The van der Waals surface area contributed by atoms with E-state index < -0.39 is 5.92 Å². The summed E-state index contributed by atoms with van der Waals surface area (Å²) in [7, 11) is 3.07. The number of methoxy groups -OCH3 is 2. The molecular formula is C22H26O7. The van der Waals surface area contributed by atoms with Crippen molar-refractivity contribution in [3.63, 3.8) is 0 Å². The second-order valence-electron chi connectivity index (χ2n) is 6.77. The number of hydrogen-bond donors (Lipinski definition) is 2. The number of benzene rings is 2. The molecule has 2 atom stereocenters. The average molecular weight is 402 g/mol. The molecule has 0 radical (unpaired) electrons. The largest absolute Gasteiger partial charge is 0.507 e. The minimum Gasteiger partial charge on any atom is -0.507 e. The van der Waals surface area contributed by atoms with Crippen molar-refractivity contribution in [1.29, 1.82) is 0 Å². The van der Waals surface area contributed by atoms with E-state index in [0.717, 1.165) is 0 Å². The molecule has 1 heterocycles. The summed E-state index contributed by atoms with van der Waals surface area (Å²) in [6, 6.07) is 9.74. The van der Waals surface area contributed by atoms with Gasteiger partial charge in [0, 0.05) is 18.1 Å². The molecule has 0 amide bonds. The van der Waals surface area contributed by atoms with Crippen LogP contribution in [0.5, 0.6) is 23.0 Å². The van der Waals surface area contributed by atoms with Crippen LogP contribution in [0.15, 0.2) is 36.4 Å². The predicted molar refractivity (Wildman–Crippen MR) is 107 cm³/mol. The molecule has 2 N–H and O–H groups in total. The topological polar surface area (TPSA) is 102 Å². The Morgan fingerprint density at radius 3 is 2.38 bits per heavy atom. The summed E-state index contributed by atoms with van der Waals surface area (Å²) in [6.45, 7) is 3.70. The van der Waals surface area contributed by atoms with Crippen molar-refractivity contribution in [3.8, 4) is 23.0 Å². The van der Waals surface area contributed by atoms with Crippen LogP contribution in [0.2, 0.25) is 0 Å². The number of aromatic hydroxyl groups is 1. The highest BCUT2D eigenvalue weighted by molar-refractivity contribution is 6.01. The summed E-state index contributed by atoms with van der Waals surface area (Å²) < 4.78 is 15.4. The Morgan fingerprint density at radius 2 is 1.79 bits per heavy atom. The van der Waals surface area contributed by atoms with E-state index in [9.17, 15) is 14.7 Å². The van der Waals surface area contributed by atoms with Crippen LogP contribution >= 0.6 is 0 Å². The maximum absolute atomic E-state index is 11.7. The number of ketones is 2. The minimum atomic E-state index is -0.510. The van der Waals surface area contributed by atoms with E-state index in [0.29, 0.717) is 29.4 Å². The molecule has 0 bridgehead atoms. The first-order valence-corrected chi connectivity index (χ1v) is 9.19. The zero-order valence-electron chi connectivity index (χ0n) is 17.0. The van der Waals surface area contributed by atoms with Crippen molar-refractivity contribution in [2.45, 2.75) is 13.8 Å². The van der Waals surface area contributed by atoms with Gasteiger partial charge in [-0.25, -0.2) is 0 Å². The number of phenols is 1. The molecule has 0 fully saturated rings. The number of aliphatic hydroxyl groups excluding tert-OH is 1. The molecule has 156 valence electrons. The fourth-order valence-corrected chi connectivity index (χ4v) is 2.70. The van der Waals surface area contributed by atoms with Gasteiger partial charge in [-0.15, -0.1) is 0 Å². The summed E-state index contributed by atoms with van der Waals surface area (Å²) in [6.07, 6.45) is 0. The highest BCUT2D eigenvalue weighted by Gasteiger charge is 2.25. The smallest absolute Gasteiger partial charge is 0.172 e. The maximum Gasteiger partial charge on any atom is 0.172 e. The second-order valence-corrected chi connectivity index (χ2v) is 6.77. The van der Waals surface area contributed by atoms with Crippen molar-refractivity contribution < 1.29 is 34.0 Å². The van der Waals surface area contributed by atoms with Gasteiger partial charge in [0.2, 0.25) is 0 Å². The van der Waals surface area contributed by atoms with E-state index in [1.165, 1.54) is 19.2 Å². The van der Waals surface area contributed by atoms with Gasteiger partial charge in [-0.1, -0.05) is 13.8 Å². The number of rotatable bonds is 5. The molecule has 1 aliphatic rings. The Balaban J connectivity index is 0.000000207. The third kappa shape index (κ3) is 5.26. The maximum atomic E-state index is 11.7. The first kappa shape index (κ1) is 22.2. The van der Waals surface area contributed by atoms with E-state index in [4.69, 9.17) is 19.3 Å². The molecule has 0 saturated carbocycles. The lowest BCUT2D eigenvalue weighted by Gasteiger charge is -2.21. The minimum absolute atomic E-state index is 0.0455. The lowest BCUT2D eigenvalue weighted by atomic mass is 9.97. The van der Waals surface area contributed by atoms with E-state index in [2.05, 4.69) is 0 Å². The van der Waals surface area contributed by atoms with Gasteiger partial charge in [0.25, 0.3) is 0 Å². The number of hydrogen-bond acceptors (Lipinski definition) is 7. The fraction of sp³-hybridized carbons (Fsp3) is 0.364. The summed E-state index contributed by atoms with van der Waals surface area (Å²) in [5.74, 6) is 1.02. The van der Waals surface area contributed by atoms with Crippen LogP contribution in [0.1, 0.15) is 34.6 Å². The van der Waals surface area contributed by atoms with Gasteiger partial charge in [0.15, 0.2) is 11.6 Å². The van der Waals surface area contributed by atoms with Gasteiger partial charge < -0.3 is 24.4 Å². The predicted octanol–water partition coefficient (Wildman–Crippen LogP) is 3.12. The zero-order chi connectivity index (χ0) is 21.6. The van der Waals surface area contributed by atoms with Gasteiger partial charge in [0.1, 0.15) is 23.0 Å². The molecule has 1 aliphatic heterocycles. The van der Waals surface area contributed by atoms with Gasteiger partial charge in [-0.2, -0.15) is 0 Å². The molecule has 0 saturated heterocycles. The Labute approximate surface area is 169 Å². The number of fused-ring (bicyclic) bond motifs is 1. The van der Waals surface area contributed by atoms with E-state index in [-0.39, 0.29) is 35.4 Å². The SMILES string of the molecule is COc1ccc(C(=O)C(C)CO)c(O)c1.COc1ccc2c(c1)OCC(C)C2=O. The van der Waals surface area contributed by atoms with Crippen LogP contribution in [-0.2, 0) is 0 Å². The monoisotopic (exact) mass is 402 g/mol. The second kappa shape index (κ2) is 9.93. The Kier molecular flexibility index (Phi) is 7.61. The molecule has 0 spiro atoms. The van der Waals surface area contributed by atoms with Crippen LogP contribution in [0, 0.1) is 11.8 Å². The van der Waals surface area contributed by atoms with Gasteiger partial charge in [-0.05, 0) is 24.3 Å². The molecule has 3 rings (SSSR count). The number of carbonyl (C=O) groups excluding carboxylic acids is 2. The summed E-state index contributed by atoms with van der Waals surface area (Å²) in [5.41, 5.74) is 0.863. The molecule has 2 aromatic rings. The fourth-order valence-electron chi connectivity index (χ4n) is 2.70. The van der Waals surface area contributed by atoms with E-state index in [1.807, 2.05) is 6.92 Å².